The molecule has 3 fully saturated rings. The molecule has 3 heterocycles. The number of hydrogen-bond acceptors (Lipinski definition) is 6. The molecule has 6 nitrogen and oxygen atoms in total. The van der Waals surface area contributed by atoms with Gasteiger partial charge in [-0.3, -0.25) is 9.89 Å². The topological polar surface area (TPSA) is 67.1 Å². The molecule has 0 aromatic heterocycles. The lowest BCUT2D eigenvalue weighted by Crippen LogP contribution is -2.52. The van der Waals surface area contributed by atoms with Crippen LogP contribution >= 0.6 is 0 Å². The first-order valence-electron chi connectivity index (χ1n) is 9.04. The summed E-state index contributed by atoms with van der Waals surface area (Å²) in [4.78, 5) is 7.25. The quantitative estimate of drug-likeness (QED) is 0.617. The average Bonchev–Trinajstić information content (AvgIpc) is 2.68. The Kier molecular flexibility index (Phi) is 5.16. The van der Waals surface area contributed by atoms with Crippen LogP contribution in [0.3, 0.4) is 0 Å². The standard InChI is InChI=1S/C17H30BN3O3/c1-16(2)17(3,4)24-18(23-16)13(9-19)10-20-14-5-7-21(8-6-14)15-11-22-12-15/h9-10,13-15,19H,5-8,11-12H2,1-4H3. The SMILES string of the molecule is CC1(C)OB(C(C=N)C=NC2CCN(C3COC3)CC2)OC1(C)C. The second kappa shape index (κ2) is 6.86. The van der Waals surface area contributed by atoms with Crippen LogP contribution in [-0.4, -0.2) is 74.0 Å². The summed E-state index contributed by atoms with van der Waals surface area (Å²) < 4.78 is 17.4. The third-order valence-corrected chi connectivity index (χ3v) is 5.88. The van der Waals surface area contributed by atoms with Gasteiger partial charge in [-0.05, 0) is 40.5 Å². The maximum absolute atomic E-state index is 7.72. The van der Waals surface area contributed by atoms with Crippen molar-refractivity contribution < 1.29 is 14.0 Å². The van der Waals surface area contributed by atoms with E-state index in [1.54, 1.807) is 0 Å². The Morgan fingerprint density at radius 3 is 2.17 bits per heavy atom. The highest BCUT2D eigenvalue weighted by atomic mass is 16.7. The smallest absolute Gasteiger partial charge is 0.403 e. The van der Waals surface area contributed by atoms with E-state index >= 15 is 0 Å². The van der Waals surface area contributed by atoms with Crippen LogP contribution in [0.5, 0.6) is 0 Å². The van der Waals surface area contributed by atoms with Crippen molar-refractivity contribution in [2.75, 3.05) is 26.3 Å². The van der Waals surface area contributed by atoms with Gasteiger partial charge >= 0.3 is 7.12 Å². The molecule has 3 saturated heterocycles. The lowest BCUT2D eigenvalue weighted by atomic mass is 9.73. The van der Waals surface area contributed by atoms with Gasteiger partial charge in [0.1, 0.15) is 0 Å². The molecular weight excluding hydrogens is 305 g/mol. The van der Waals surface area contributed by atoms with Gasteiger partial charge in [0.2, 0.25) is 0 Å². The molecule has 7 heteroatoms. The molecule has 0 radical (unpaired) electrons. The fourth-order valence-electron chi connectivity index (χ4n) is 3.29. The summed E-state index contributed by atoms with van der Waals surface area (Å²) in [5.41, 5.74) is -0.744. The number of likely N-dealkylation sites (tertiary alicyclic amines) is 1. The predicted octanol–water partition coefficient (Wildman–Crippen LogP) is 2.03. The molecule has 1 atom stereocenters. The number of nitrogens with zero attached hydrogens (tertiary/aromatic N) is 2. The summed E-state index contributed by atoms with van der Waals surface area (Å²) in [7, 11) is -0.427. The number of aliphatic imine (C=N–C) groups is 1. The number of rotatable bonds is 5. The Balaban J connectivity index is 1.52. The minimum atomic E-state index is -0.427. The molecule has 3 aliphatic heterocycles. The minimum Gasteiger partial charge on any atom is -0.403 e. The molecule has 3 aliphatic rings. The first kappa shape index (κ1) is 18.0. The van der Waals surface area contributed by atoms with Gasteiger partial charge in [-0.25, -0.2) is 0 Å². The van der Waals surface area contributed by atoms with Crippen molar-refractivity contribution in [1.29, 1.82) is 5.41 Å². The lowest BCUT2D eigenvalue weighted by Gasteiger charge is -2.40. The molecule has 0 aliphatic carbocycles. The summed E-state index contributed by atoms with van der Waals surface area (Å²) >= 11 is 0. The molecular formula is C17H30BN3O3. The van der Waals surface area contributed by atoms with Crippen molar-refractivity contribution in [3.63, 3.8) is 0 Å². The van der Waals surface area contributed by atoms with Crippen LogP contribution in [0.4, 0.5) is 0 Å². The van der Waals surface area contributed by atoms with Crippen molar-refractivity contribution in [2.45, 2.75) is 69.6 Å². The Bertz CT molecular complexity index is 469. The second-order valence-corrected chi connectivity index (χ2v) is 8.13. The minimum absolute atomic E-state index is 0.232. The van der Waals surface area contributed by atoms with E-state index in [2.05, 4.69) is 4.90 Å². The van der Waals surface area contributed by atoms with Crippen molar-refractivity contribution in [3.05, 3.63) is 0 Å². The van der Waals surface area contributed by atoms with Gasteiger partial charge in [0.15, 0.2) is 0 Å². The molecule has 0 amide bonds. The maximum Gasteiger partial charge on any atom is 0.472 e. The van der Waals surface area contributed by atoms with E-state index < -0.39 is 7.12 Å². The van der Waals surface area contributed by atoms with Gasteiger partial charge < -0.3 is 19.5 Å². The summed E-state index contributed by atoms with van der Waals surface area (Å²) in [5.74, 6) is -0.232. The highest BCUT2D eigenvalue weighted by molar-refractivity contribution is 6.56. The number of hydrogen-bond donors (Lipinski definition) is 1. The van der Waals surface area contributed by atoms with E-state index in [-0.39, 0.29) is 17.0 Å². The fourth-order valence-corrected chi connectivity index (χ4v) is 3.29. The van der Waals surface area contributed by atoms with Crippen LogP contribution in [0.15, 0.2) is 4.99 Å². The highest BCUT2D eigenvalue weighted by Gasteiger charge is 2.53. The molecule has 0 bridgehead atoms. The zero-order chi connectivity index (χ0) is 17.4. The van der Waals surface area contributed by atoms with Gasteiger partial charge in [-0.1, -0.05) is 0 Å². The van der Waals surface area contributed by atoms with Gasteiger partial charge in [-0.2, -0.15) is 0 Å². The van der Waals surface area contributed by atoms with Crippen LogP contribution in [0, 0.1) is 5.41 Å². The Morgan fingerprint density at radius 2 is 1.71 bits per heavy atom. The summed E-state index contributed by atoms with van der Waals surface area (Å²) in [5, 5.41) is 7.72. The van der Waals surface area contributed by atoms with Gasteiger partial charge in [0, 0.05) is 25.5 Å². The van der Waals surface area contributed by atoms with Gasteiger partial charge in [0.05, 0.1) is 42.3 Å². The molecule has 0 saturated carbocycles. The van der Waals surface area contributed by atoms with Gasteiger partial charge in [0.25, 0.3) is 0 Å². The van der Waals surface area contributed by atoms with Crippen LogP contribution in [0.1, 0.15) is 40.5 Å². The first-order chi connectivity index (χ1) is 11.3. The van der Waals surface area contributed by atoms with E-state index in [9.17, 15) is 0 Å². The summed E-state index contributed by atoms with van der Waals surface area (Å²) in [6, 6.07) is 0.959. The number of ether oxygens (including phenoxy) is 1. The normalized spacial score (nSPS) is 29.8. The van der Waals surface area contributed by atoms with E-state index in [0.29, 0.717) is 12.1 Å². The van der Waals surface area contributed by atoms with E-state index in [1.165, 1.54) is 6.21 Å². The van der Waals surface area contributed by atoms with E-state index in [1.807, 2.05) is 33.9 Å². The Hall–Kier alpha value is -0.755. The molecule has 0 aromatic rings. The van der Waals surface area contributed by atoms with Gasteiger partial charge in [-0.15, -0.1) is 0 Å². The third-order valence-electron chi connectivity index (χ3n) is 5.88. The van der Waals surface area contributed by atoms with Crippen molar-refractivity contribution in [1.82, 2.24) is 4.90 Å². The number of nitrogens with one attached hydrogen (secondary N) is 1. The monoisotopic (exact) mass is 335 g/mol. The molecule has 24 heavy (non-hydrogen) atoms. The van der Waals surface area contributed by atoms with Crippen LogP contribution in [0.2, 0.25) is 5.82 Å². The van der Waals surface area contributed by atoms with E-state index in [4.69, 9.17) is 24.4 Å². The Labute approximate surface area is 145 Å². The van der Waals surface area contributed by atoms with Crippen LogP contribution in [-0.2, 0) is 14.0 Å². The molecule has 1 N–H and O–H groups in total. The lowest BCUT2D eigenvalue weighted by molar-refractivity contribution is -0.0709. The fraction of sp³-hybridized carbons (Fsp3) is 0.882. The molecule has 134 valence electrons. The maximum atomic E-state index is 7.72. The summed E-state index contributed by atoms with van der Waals surface area (Å²) in [6.07, 6.45) is 5.39. The predicted molar refractivity (Wildman–Crippen MR) is 96.3 cm³/mol. The van der Waals surface area contributed by atoms with Crippen molar-refractivity contribution in [2.24, 2.45) is 4.99 Å². The zero-order valence-corrected chi connectivity index (χ0v) is 15.3. The van der Waals surface area contributed by atoms with E-state index in [0.717, 1.165) is 39.1 Å². The summed E-state index contributed by atoms with van der Waals surface area (Å²) in [6.45, 7) is 12.1. The molecule has 1 unspecified atom stereocenters. The molecule has 0 spiro atoms. The molecule has 3 rings (SSSR count). The van der Waals surface area contributed by atoms with Crippen molar-refractivity contribution in [3.8, 4) is 0 Å². The van der Waals surface area contributed by atoms with Crippen LogP contribution < -0.4 is 0 Å². The first-order valence-corrected chi connectivity index (χ1v) is 9.04. The second-order valence-electron chi connectivity index (χ2n) is 8.13. The van der Waals surface area contributed by atoms with Crippen molar-refractivity contribution >= 4 is 19.5 Å². The number of piperidine rings is 1. The third kappa shape index (κ3) is 3.59. The zero-order valence-electron chi connectivity index (χ0n) is 15.3. The largest absolute Gasteiger partial charge is 0.472 e. The Morgan fingerprint density at radius 1 is 1.12 bits per heavy atom. The highest BCUT2D eigenvalue weighted by Crippen LogP contribution is 2.39. The van der Waals surface area contributed by atoms with Crippen LogP contribution in [0.25, 0.3) is 0 Å². The average molecular weight is 335 g/mol. The molecule has 0 aromatic carbocycles.